The number of aryl methyl sites for hydroxylation is 1. The van der Waals surface area contributed by atoms with Gasteiger partial charge in [-0.15, -0.1) is 11.3 Å². The first-order valence-corrected chi connectivity index (χ1v) is 10.1. The largest absolute Gasteiger partial charge is 0.352 e. The Balaban J connectivity index is 1.62. The molecule has 1 saturated carbocycles. The van der Waals surface area contributed by atoms with Crippen LogP contribution in [0.2, 0.25) is 0 Å². The van der Waals surface area contributed by atoms with Crippen molar-refractivity contribution in [3.8, 4) is 0 Å². The molecule has 4 heteroatoms. The van der Waals surface area contributed by atoms with Gasteiger partial charge in [0.25, 0.3) is 0 Å². The molecule has 25 heavy (non-hydrogen) atoms. The number of carbonyl (C=O) groups is 1. The van der Waals surface area contributed by atoms with Crippen molar-refractivity contribution in [3.05, 3.63) is 57.8 Å². The number of hydrogen-bond donors (Lipinski definition) is 2. The van der Waals surface area contributed by atoms with Crippen molar-refractivity contribution in [2.24, 2.45) is 5.92 Å². The average molecular weight is 357 g/mol. The van der Waals surface area contributed by atoms with Gasteiger partial charge in [-0.3, -0.25) is 10.1 Å². The van der Waals surface area contributed by atoms with Gasteiger partial charge < -0.3 is 5.32 Å². The van der Waals surface area contributed by atoms with E-state index in [0.29, 0.717) is 18.5 Å². The minimum absolute atomic E-state index is 0.0649. The summed E-state index contributed by atoms with van der Waals surface area (Å²) in [6.07, 6.45) is 4.85. The smallest absolute Gasteiger partial charge is 0.234 e. The number of amides is 1. The summed E-state index contributed by atoms with van der Waals surface area (Å²) < 4.78 is 0. The van der Waals surface area contributed by atoms with Crippen LogP contribution < -0.4 is 10.6 Å². The molecule has 1 fully saturated rings. The number of carbonyl (C=O) groups excluding carboxylic acids is 1. The first-order chi connectivity index (χ1) is 12.1. The molecule has 0 saturated heterocycles. The number of hydrogen-bond acceptors (Lipinski definition) is 3. The lowest BCUT2D eigenvalue weighted by molar-refractivity contribution is -0.121. The molecular formula is C21H28N2OS. The highest BCUT2D eigenvalue weighted by atomic mass is 32.1. The summed E-state index contributed by atoms with van der Waals surface area (Å²) >= 11 is 1.72. The highest BCUT2D eigenvalue weighted by Gasteiger charge is 2.23. The molecule has 0 spiro atoms. The van der Waals surface area contributed by atoms with Gasteiger partial charge in [0.15, 0.2) is 0 Å². The molecule has 1 aliphatic carbocycles. The van der Waals surface area contributed by atoms with Crippen LogP contribution in [0.1, 0.15) is 54.7 Å². The van der Waals surface area contributed by atoms with Crippen molar-refractivity contribution in [2.75, 3.05) is 6.54 Å². The van der Waals surface area contributed by atoms with E-state index in [2.05, 4.69) is 66.3 Å². The van der Waals surface area contributed by atoms with Gasteiger partial charge in [-0.1, -0.05) is 55.7 Å². The maximum atomic E-state index is 12.4. The van der Waals surface area contributed by atoms with E-state index in [0.717, 1.165) is 6.42 Å². The van der Waals surface area contributed by atoms with E-state index in [-0.39, 0.29) is 11.9 Å². The van der Waals surface area contributed by atoms with Gasteiger partial charge in [0.1, 0.15) is 0 Å². The summed E-state index contributed by atoms with van der Waals surface area (Å²) in [5.74, 6) is 0.690. The van der Waals surface area contributed by atoms with Crippen LogP contribution in [0.3, 0.4) is 0 Å². The standard InChI is InChI=1S/C21H28N2OS/c1-15-9-11-17(12-10-15)21(19-8-5-13-25-19)22-14-20(24)23-18-7-4-3-6-16(18)2/h5,8-13,16,18,21-22H,3-4,6-7,14H2,1-2H3,(H,23,24)/t16-,18-,21-/m0/s1. The molecule has 3 rings (SSSR count). The molecule has 0 unspecified atom stereocenters. The lowest BCUT2D eigenvalue weighted by Crippen LogP contribution is -2.45. The fraction of sp³-hybridized carbons (Fsp3) is 0.476. The second-order valence-corrected chi connectivity index (χ2v) is 8.16. The summed E-state index contributed by atoms with van der Waals surface area (Å²) in [5.41, 5.74) is 2.45. The maximum absolute atomic E-state index is 12.4. The highest BCUT2D eigenvalue weighted by Crippen LogP contribution is 2.26. The van der Waals surface area contributed by atoms with E-state index >= 15 is 0 Å². The Morgan fingerprint density at radius 3 is 2.64 bits per heavy atom. The molecule has 3 nitrogen and oxygen atoms in total. The van der Waals surface area contributed by atoms with Crippen molar-refractivity contribution in [2.45, 2.75) is 51.6 Å². The van der Waals surface area contributed by atoms with Gasteiger partial charge >= 0.3 is 0 Å². The Morgan fingerprint density at radius 2 is 1.96 bits per heavy atom. The van der Waals surface area contributed by atoms with E-state index in [4.69, 9.17) is 0 Å². The summed E-state index contributed by atoms with van der Waals surface area (Å²) in [6, 6.07) is 13.1. The lowest BCUT2D eigenvalue weighted by atomic mass is 9.86. The second-order valence-electron chi connectivity index (χ2n) is 7.18. The van der Waals surface area contributed by atoms with E-state index in [9.17, 15) is 4.79 Å². The predicted octanol–water partition coefficient (Wildman–Crippen LogP) is 4.43. The molecule has 2 aromatic rings. The Morgan fingerprint density at radius 1 is 1.20 bits per heavy atom. The van der Waals surface area contributed by atoms with Gasteiger partial charge in [0, 0.05) is 10.9 Å². The molecule has 1 aliphatic rings. The maximum Gasteiger partial charge on any atom is 0.234 e. The zero-order chi connectivity index (χ0) is 17.6. The molecule has 1 heterocycles. The molecule has 0 radical (unpaired) electrons. The van der Waals surface area contributed by atoms with Crippen LogP contribution in [0, 0.1) is 12.8 Å². The van der Waals surface area contributed by atoms with Crippen molar-refractivity contribution in [1.29, 1.82) is 0 Å². The van der Waals surface area contributed by atoms with Crippen LogP contribution >= 0.6 is 11.3 Å². The van der Waals surface area contributed by atoms with Gasteiger partial charge in [-0.25, -0.2) is 0 Å². The van der Waals surface area contributed by atoms with Gasteiger partial charge in [0.05, 0.1) is 12.6 Å². The molecular weight excluding hydrogens is 328 g/mol. The summed E-state index contributed by atoms with van der Waals surface area (Å²) in [6.45, 7) is 4.69. The predicted molar refractivity (Wildman–Crippen MR) is 105 cm³/mol. The fourth-order valence-corrected chi connectivity index (χ4v) is 4.41. The fourth-order valence-electron chi connectivity index (χ4n) is 3.58. The third kappa shape index (κ3) is 4.93. The van der Waals surface area contributed by atoms with E-state index < -0.39 is 0 Å². The third-order valence-electron chi connectivity index (χ3n) is 5.16. The van der Waals surface area contributed by atoms with Crippen molar-refractivity contribution in [1.82, 2.24) is 10.6 Å². The van der Waals surface area contributed by atoms with E-state index in [1.54, 1.807) is 11.3 Å². The van der Waals surface area contributed by atoms with Gasteiger partial charge in [-0.05, 0) is 42.7 Å². The third-order valence-corrected chi connectivity index (χ3v) is 6.10. The molecule has 3 atom stereocenters. The number of rotatable bonds is 6. The topological polar surface area (TPSA) is 41.1 Å². The van der Waals surface area contributed by atoms with Crippen LogP contribution in [0.15, 0.2) is 41.8 Å². The molecule has 0 aliphatic heterocycles. The van der Waals surface area contributed by atoms with Gasteiger partial charge in [0.2, 0.25) is 5.91 Å². The van der Waals surface area contributed by atoms with Crippen LogP contribution in [0.5, 0.6) is 0 Å². The van der Waals surface area contributed by atoms with Crippen LogP contribution in [-0.2, 0) is 4.79 Å². The highest BCUT2D eigenvalue weighted by molar-refractivity contribution is 7.10. The van der Waals surface area contributed by atoms with E-state index in [1.165, 1.54) is 35.3 Å². The summed E-state index contributed by atoms with van der Waals surface area (Å²) in [7, 11) is 0. The van der Waals surface area contributed by atoms with E-state index in [1.807, 2.05) is 0 Å². The minimum atomic E-state index is 0.0649. The first-order valence-electron chi connectivity index (χ1n) is 9.26. The normalized spacial score (nSPS) is 21.7. The Kier molecular flexibility index (Phi) is 6.27. The molecule has 1 aromatic carbocycles. The SMILES string of the molecule is Cc1ccc([C@H](NCC(=O)N[C@H]2CCCC[C@@H]2C)c2cccs2)cc1. The summed E-state index contributed by atoms with van der Waals surface area (Å²) in [5, 5.41) is 8.78. The molecule has 134 valence electrons. The van der Waals surface area contributed by atoms with Gasteiger partial charge in [-0.2, -0.15) is 0 Å². The molecule has 2 N–H and O–H groups in total. The monoisotopic (exact) mass is 356 g/mol. The first kappa shape index (κ1) is 18.2. The van der Waals surface area contributed by atoms with Crippen LogP contribution in [-0.4, -0.2) is 18.5 Å². The average Bonchev–Trinajstić information content (AvgIpc) is 3.13. The lowest BCUT2D eigenvalue weighted by Gasteiger charge is -2.29. The summed E-state index contributed by atoms with van der Waals surface area (Å²) in [4.78, 5) is 13.7. The van der Waals surface area contributed by atoms with Crippen molar-refractivity contribution < 1.29 is 4.79 Å². The van der Waals surface area contributed by atoms with Crippen LogP contribution in [0.4, 0.5) is 0 Å². The van der Waals surface area contributed by atoms with Crippen molar-refractivity contribution in [3.63, 3.8) is 0 Å². The Bertz CT molecular complexity index is 666. The Labute approximate surface area is 154 Å². The van der Waals surface area contributed by atoms with Crippen molar-refractivity contribution >= 4 is 17.2 Å². The van der Waals surface area contributed by atoms with Crippen LogP contribution in [0.25, 0.3) is 0 Å². The number of nitrogens with one attached hydrogen (secondary N) is 2. The molecule has 1 aromatic heterocycles. The number of thiophene rings is 1. The minimum Gasteiger partial charge on any atom is -0.352 e. The molecule has 1 amide bonds. The Hall–Kier alpha value is -1.65. The zero-order valence-corrected chi connectivity index (χ0v) is 15.9. The number of benzene rings is 1. The zero-order valence-electron chi connectivity index (χ0n) is 15.1. The molecule has 0 bridgehead atoms. The quantitative estimate of drug-likeness (QED) is 0.804. The second kappa shape index (κ2) is 8.63.